The summed E-state index contributed by atoms with van der Waals surface area (Å²) < 4.78 is 1.80. The summed E-state index contributed by atoms with van der Waals surface area (Å²) in [5, 5.41) is 6.88. The highest BCUT2D eigenvalue weighted by atomic mass is 16.2. The zero-order valence-corrected chi connectivity index (χ0v) is 15.5. The molecule has 3 aromatic carbocycles. The smallest absolute Gasteiger partial charge is 0.274 e. The number of aromatic nitrogens is 2. The first-order chi connectivity index (χ1) is 13.1. The van der Waals surface area contributed by atoms with Crippen molar-refractivity contribution in [2.45, 2.75) is 13.5 Å². The minimum atomic E-state index is -0.0827. The molecule has 0 aliphatic rings. The zero-order chi connectivity index (χ0) is 18.8. The van der Waals surface area contributed by atoms with Gasteiger partial charge in [-0.05, 0) is 41.5 Å². The average Bonchev–Trinajstić information content (AvgIpc) is 3.10. The molecule has 1 amide bonds. The predicted octanol–water partition coefficient (Wildman–Crippen LogP) is 4.61. The van der Waals surface area contributed by atoms with Crippen LogP contribution in [-0.2, 0) is 6.54 Å². The maximum absolute atomic E-state index is 12.9. The molecule has 27 heavy (non-hydrogen) atoms. The van der Waals surface area contributed by atoms with E-state index in [1.165, 1.54) is 10.8 Å². The number of nitrogens with zero attached hydrogens (tertiary/aromatic N) is 3. The van der Waals surface area contributed by atoms with E-state index in [9.17, 15) is 4.79 Å². The first-order valence-corrected chi connectivity index (χ1v) is 8.97. The van der Waals surface area contributed by atoms with Gasteiger partial charge in [0.1, 0.15) is 0 Å². The molecule has 0 aliphatic carbocycles. The SMILES string of the molecule is Cc1cc(C(=O)N(C)Cc2cccc3ccccc23)nn1-c1ccccc1. The number of hydrogen-bond donors (Lipinski definition) is 0. The lowest BCUT2D eigenvalue weighted by atomic mass is 10.0. The third-order valence-corrected chi connectivity index (χ3v) is 4.74. The standard InChI is InChI=1S/C23H21N3O/c1-17-15-22(24-26(17)20-12-4-3-5-13-20)23(27)25(2)16-19-11-8-10-18-9-6-7-14-21(18)19/h3-15H,16H2,1-2H3. The van der Waals surface area contributed by atoms with E-state index in [1.54, 1.807) is 9.58 Å². The molecule has 134 valence electrons. The lowest BCUT2D eigenvalue weighted by Crippen LogP contribution is -2.26. The normalized spacial score (nSPS) is 10.9. The highest BCUT2D eigenvalue weighted by molar-refractivity contribution is 5.93. The largest absolute Gasteiger partial charge is 0.336 e. The third-order valence-electron chi connectivity index (χ3n) is 4.74. The van der Waals surface area contributed by atoms with Gasteiger partial charge in [0, 0.05) is 19.3 Å². The van der Waals surface area contributed by atoms with E-state index in [0.29, 0.717) is 12.2 Å². The number of hydrogen-bond acceptors (Lipinski definition) is 2. The number of para-hydroxylation sites is 1. The van der Waals surface area contributed by atoms with Gasteiger partial charge in [-0.3, -0.25) is 4.79 Å². The number of fused-ring (bicyclic) bond motifs is 1. The molecule has 1 aromatic heterocycles. The Morgan fingerprint density at radius 1 is 0.963 bits per heavy atom. The summed E-state index contributed by atoms with van der Waals surface area (Å²) in [5.74, 6) is -0.0827. The molecule has 0 atom stereocenters. The van der Waals surface area contributed by atoms with Crippen molar-refractivity contribution in [2.75, 3.05) is 7.05 Å². The Balaban J connectivity index is 1.59. The molecule has 0 spiro atoms. The van der Waals surface area contributed by atoms with E-state index >= 15 is 0 Å². The topological polar surface area (TPSA) is 38.1 Å². The molecule has 4 rings (SSSR count). The fourth-order valence-electron chi connectivity index (χ4n) is 3.36. The third kappa shape index (κ3) is 3.34. The van der Waals surface area contributed by atoms with Crippen molar-refractivity contribution in [1.29, 1.82) is 0 Å². The van der Waals surface area contributed by atoms with E-state index in [2.05, 4.69) is 29.4 Å². The minimum absolute atomic E-state index is 0.0827. The second-order valence-electron chi connectivity index (χ2n) is 6.72. The first-order valence-electron chi connectivity index (χ1n) is 8.97. The summed E-state index contributed by atoms with van der Waals surface area (Å²) >= 11 is 0. The van der Waals surface area contributed by atoms with Gasteiger partial charge in [-0.2, -0.15) is 5.10 Å². The molecule has 0 radical (unpaired) electrons. The minimum Gasteiger partial charge on any atom is -0.336 e. The molecule has 0 saturated heterocycles. The Labute approximate surface area is 158 Å². The lowest BCUT2D eigenvalue weighted by molar-refractivity contribution is 0.0779. The zero-order valence-electron chi connectivity index (χ0n) is 15.5. The number of rotatable bonds is 4. The molecular formula is C23H21N3O. The molecule has 1 heterocycles. The average molecular weight is 355 g/mol. The number of benzene rings is 3. The highest BCUT2D eigenvalue weighted by Gasteiger charge is 2.18. The van der Waals surface area contributed by atoms with Gasteiger partial charge in [-0.15, -0.1) is 0 Å². The number of amides is 1. The summed E-state index contributed by atoms with van der Waals surface area (Å²) in [5.41, 5.74) is 3.47. The van der Waals surface area contributed by atoms with Crippen LogP contribution in [0.15, 0.2) is 78.9 Å². The molecule has 4 nitrogen and oxygen atoms in total. The molecule has 0 bridgehead atoms. The molecule has 0 N–H and O–H groups in total. The van der Waals surface area contributed by atoms with Gasteiger partial charge in [0.15, 0.2) is 5.69 Å². The molecule has 0 saturated carbocycles. The second kappa shape index (κ2) is 7.08. The van der Waals surface area contributed by atoms with Crippen LogP contribution in [0.4, 0.5) is 0 Å². The van der Waals surface area contributed by atoms with Gasteiger partial charge >= 0.3 is 0 Å². The van der Waals surface area contributed by atoms with Crippen LogP contribution in [0.5, 0.6) is 0 Å². The molecule has 0 aliphatic heterocycles. The number of carbonyl (C=O) groups is 1. The van der Waals surface area contributed by atoms with Crippen LogP contribution in [0.3, 0.4) is 0 Å². The van der Waals surface area contributed by atoms with Gasteiger partial charge in [0.25, 0.3) is 5.91 Å². The van der Waals surface area contributed by atoms with Gasteiger partial charge in [0.2, 0.25) is 0 Å². The number of carbonyl (C=O) groups excluding carboxylic acids is 1. The van der Waals surface area contributed by atoms with Crippen LogP contribution in [0.25, 0.3) is 16.5 Å². The maximum atomic E-state index is 12.9. The van der Waals surface area contributed by atoms with E-state index in [4.69, 9.17) is 0 Å². The Bertz CT molecular complexity index is 1090. The molecule has 0 fully saturated rings. The highest BCUT2D eigenvalue weighted by Crippen LogP contribution is 2.20. The predicted molar refractivity (Wildman–Crippen MR) is 108 cm³/mol. The summed E-state index contributed by atoms with van der Waals surface area (Å²) in [7, 11) is 1.82. The van der Waals surface area contributed by atoms with Crippen molar-refractivity contribution >= 4 is 16.7 Å². The van der Waals surface area contributed by atoms with Gasteiger partial charge in [-0.25, -0.2) is 4.68 Å². The van der Waals surface area contributed by atoms with Crippen molar-refractivity contribution in [2.24, 2.45) is 0 Å². The van der Waals surface area contributed by atoms with Crippen LogP contribution >= 0.6 is 0 Å². The monoisotopic (exact) mass is 355 g/mol. The summed E-state index contributed by atoms with van der Waals surface area (Å²) in [6, 6.07) is 26.1. The van der Waals surface area contributed by atoms with E-state index in [1.807, 2.05) is 68.6 Å². The Hall–Kier alpha value is -3.40. The molecule has 4 heteroatoms. The van der Waals surface area contributed by atoms with Gasteiger partial charge in [-0.1, -0.05) is 60.7 Å². The van der Waals surface area contributed by atoms with E-state index in [0.717, 1.165) is 16.9 Å². The fraction of sp³-hybridized carbons (Fsp3) is 0.130. The summed E-state index contributed by atoms with van der Waals surface area (Å²) in [4.78, 5) is 14.7. The quantitative estimate of drug-likeness (QED) is 0.536. The van der Waals surface area contributed by atoms with Crippen LogP contribution in [0.1, 0.15) is 21.7 Å². The molecule has 0 unspecified atom stereocenters. The maximum Gasteiger partial charge on any atom is 0.274 e. The van der Waals surface area contributed by atoms with Crippen molar-refractivity contribution < 1.29 is 4.79 Å². The van der Waals surface area contributed by atoms with Crippen molar-refractivity contribution in [3.8, 4) is 5.69 Å². The Kier molecular flexibility index (Phi) is 4.47. The Morgan fingerprint density at radius 2 is 1.67 bits per heavy atom. The van der Waals surface area contributed by atoms with Crippen molar-refractivity contribution in [3.05, 3.63) is 95.8 Å². The second-order valence-corrected chi connectivity index (χ2v) is 6.72. The molecular weight excluding hydrogens is 334 g/mol. The summed E-state index contributed by atoms with van der Waals surface area (Å²) in [6.07, 6.45) is 0. The first kappa shape index (κ1) is 17.0. The number of aryl methyl sites for hydroxylation is 1. The molecule has 4 aromatic rings. The summed E-state index contributed by atoms with van der Waals surface area (Å²) in [6.45, 7) is 2.50. The van der Waals surface area contributed by atoms with Crippen LogP contribution in [-0.4, -0.2) is 27.6 Å². The van der Waals surface area contributed by atoms with Crippen LogP contribution in [0, 0.1) is 6.92 Å². The Morgan fingerprint density at radius 3 is 2.48 bits per heavy atom. The van der Waals surface area contributed by atoms with Crippen molar-refractivity contribution in [1.82, 2.24) is 14.7 Å². The van der Waals surface area contributed by atoms with Gasteiger partial charge < -0.3 is 4.90 Å². The fourth-order valence-corrected chi connectivity index (χ4v) is 3.36. The van der Waals surface area contributed by atoms with Gasteiger partial charge in [0.05, 0.1) is 5.69 Å². The van der Waals surface area contributed by atoms with E-state index < -0.39 is 0 Å². The van der Waals surface area contributed by atoms with E-state index in [-0.39, 0.29) is 5.91 Å². The van der Waals surface area contributed by atoms with Crippen LogP contribution < -0.4 is 0 Å². The van der Waals surface area contributed by atoms with Crippen LogP contribution in [0.2, 0.25) is 0 Å². The lowest BCUT2D eigenvalue weighted by Gasteiger charge is -2.17. The van der Waals surface area contributed by atoms with Crippen molar-refractivity contribution in [3.63, 3.8) is 0 Å².